The summed E-state index contributed by atoms with van der Waals surface area (Å²) in [5, 5.41) is 0. The topological polar surface area (TPSA) is 0 Å². The summed E-state index contributed by atoms with van der Waals surface area (Å²) in [4.78, 5) is 0. The van der Waals surface area contributed by atoms with Crippen molar-refractivity contribution in [3.05, 3.63) is 66.3 Å². The van der Waals surface area contributed by atoms with Gasteiger partial charge in [0.1, 0.15) is 0 Å². The van der Waals surface area contributed by atoms with Crippen molar-refractivity contribution in [1.29, 1.82) is 0 Å². The highest BCUT2D eigenvalue weighted by molar-refractivity contribution is 5.75. The van der Waals surface area contributed by atoms with E-state index in [1.54, 1.807) is 0 Å². The molecule has 140 valence electrons. The fraction of sp³-hybridized carbons (Fsp3) is 0.538. The van der Waals surface area contributed by atoms with Crippen molar-refractivity contribution in [2.24, 2.45) is 17.3 Å². The van der Waals surface area contributed by atoms with Gasteiger partial charge < -0.3 is 0 Å². The maximum Gasteiger partial charge on any atom is 0.0151 e. The second kappa shape index (κ2) is 8.89. The monoisotopic (exact) mass is 348 g/mol. The fourth-order valence-electron chi connectivity index (χ4n) is 5.12. The van der Waals surface area contributed by atoms with Gasteiger partial charge in [0.25, 0.3) is 0 Å². The van der Waals surface area contributed by atoms with Gasteiger partial charge in [-0.25, -0.2) is 0 Å². The number of hydrogen-bond donors (Lipinski definition) is 0. The van der Waals surface area contributed by atoms with E-state index < -0.39 is 0 Å². The normalized spacial score (nSPS) is 28.6. The zero-order valence-electron chi connectivity index (χ0n) is 16.8. The first-order chi connectivity index (χ1) is 12.7. The molecule has 0 N–H and O–H groups in total. The molecule has 0 bridgehead atoms. The van der Waals surface area contributed by atoms with E-state index in [0.29, 0.717) is 0 Å². The minimum absolute atomic E-state index is 0.187. The largest absolute Gasteiger partial charge is 0.0992 e. The van der Waals surface area contributed by atoms with Gasteiger partial charge in [-0.1, -0.05) is 106 Å². The number of unbranched alkanes of at least 4 members (excludes halogenated alkanes) is 2. The number of hydrogen-bond acceptors (Lipinski definition) is 0. The number of rotatable bonds is 7. The Labute approximate surface area is 161 Å². The Morgan fingerprint density at radius 3 is 2.38 bits per heavy atom. The predicted octanol–water partition coefficient (Wildman–Crippen LogP) is 7.98. The van der Waals surface area contributed by atoms with Crippen molar-refractivity contribution in [3.63, 3.8) is 0 Å². The van der Waals surface area contributed by atoms with Crippen LogP contribution in [0.5, 0.6) is 0 Å². The molecule has 1 unspecified atom stereocenters. The van der Waals surface area contributed by atoms with Crippen molar-refractivity contribution in [1.82, 2.24) is 0 Å². The summed E-state index contributed by atoms with van der Waals surface area (Å²) in [5.41, 5.74) is 4.24. The van der Waals surface area contributed by atoms with Crippen molar-refractivity contribution in [2.75, 3.05) is 0 Å². The zero-order chi connectivity index (χ0) is 18.4. The third-order valence-corrected chi connectivity index (χ3v) is 6.91. The van der Waals surface area contributed by atoms with Crippen LogP contribution in [-0.4, -0.2) is 0 Å². The molecule has 0 aromatic heterocycles. The lowest BCUT2D eigenvalue weighted by atomic mass is 9.60. The van der Waals surface area contributed by atoms with Crippen LogP contribution in [0.3, 0.4) is 0 Å². The van der Waals surface area contributed by atoms with Gasteiger partial charge in [-0.3, -0.25) is 0 Å². The molecule has 0 spiro atoms. The summed E-state index contributed by atoms with van der Waals surface area (Å²) in [7, 11) is 0. The zero-order valence-corrected chi connectivity index (χ0v) is 16.8. The lowest BCUT2D eigenvalue weighted by Crippen LogP contribution is -2.33. The van der Waals surface area contributed by atoms with Crippen LogP contribution in [0.15, 0.2) is 60.7 Å². The van der Waals surface area contributed by atoms with Crippen LogP contribution < -0.4 is 0 Å². The van der Waals surface area contributed by atoms with Gasteiger partial charge in [0.05, 0.1) is 0 Å². The van der Waals surface area contributed by atoms with Crippen LogP contribution in [0.4, 0.5) is 0 Å². The summed E-state index contributed by atoms with van der Waals surface area (Å²) in [5.74, 6) is 1.75. The molecule has 0 amide bonds. The van der Waals surface area contributed by atoms with E-state index in [-0.39, 0.29) is 5.41 Å². The predicted molar refractivity (Wildman–Crippen MR) is 115 cm³/mol. The third kappa shape index (κ3) is 4.22. The standard InChI is InChI=1S/C26H36/c1-4-5-7-10-22-13-15-25(16-14-22)26(21(2)3)19-17-24(18-20-26)23-11-8-6-9-12-23/h6,8-9,11-12,17-19,22,25H,2,4-5,7,10,13-16,20H2,1,3H3. The molecule has 0 nitrogen and oxygen atoms in total. The Morgan fingerprint density at radius 2 is 1.81 bits per heavy atom. The molecular weight excluding hydrogens is 312 g/mol. The van der Waals surface area contributed by atoms with Crippen LogP contribution in [0.25, 0.3) is 5.57 Å². The average molecular weight is 349 g/mol. The molecule has 1 saturated carbocycles. The van der Waals surface area contributed by atoms with E-state index in [4.69, 9.17) is 0 Å². The molecule has 0 heterocycles. The highest BCUT2D eigenvalue weighted by Gasteiger charge is 2.39. The van der Waals surface area contributed by atoms with Crippen LogP contribution in [0.2, 0.25) is 0 Å². The molecule has 1 aromatic rings. The summed E-state index contributed by atoms with van der Waals surface area (Å²) in [6.45, 7) is 8.98. The molecule has 0 radical (unpaired) electrons. The van der Waals surface area contributed by atoms with E-state index >= 15 is 0 Å². The first-order valence-corrected chi connectivity index (χ1v) is 10.8. The molecular formula is C26H36. The number of allylic oxidation sites excluding steroid dienone is 5. The Bertz CT molecular complexity index is 640. The molecule has 2 aliphatic rings. The summed E-state index contributed by atoms with van der Waals surface area (Å²) >= 11 is 0. The van der Waals surface area contributed by atoms with Crippen LogP contribution in [0.1, 0.15) is 77.2 Å². The van der Waals surface area contributed by atoms with E-state index in [2.05, 4.69) is 69.0 Å². The second-order valence-electron chi connectivity index (χ2n) is 8.60. The van der Waals surface area contributed by atoms with E-state index in [9.17, 15) is 0 Å². The quantitative estimate of drug-likeness (QED) is 0.346. The molecule has 26 heavy (non-hydrogen) atoms. The van der Waals surface area contributed by atoms with Crippen molar-refractivity contribution in [3.8, 4) is 0 Å². The minimum atomic E-state index is 0.187. The van der Waals surface area contributed by atoms with E-state index in [1.165, 1.54) is 68.1 Å². The minimum Gasteiger partial charge on any atom is -0.0992 e. The highest BCUT2D eigenvalue weighted by atomic mass is 14.4. The van der Waals surface area contributed by atoms with Gasteiger partial charge in [-0.15, -0.1) is 0 Å². The maximum absolute atomic E-state index is 4.42. The molecule has 1 fully saturated rings. The van der Waals surface area contributed by atoms with Crippen molar-refractivity contribution < 1.29 is 0 Å². The van der Waals surface area contributed by atoms with Crippen molar-refractivity contribution in [2.45, 2.75) is 71.6 Å². The van der Waals surface area contributed by atoms with Gasteiger partial charge in [0.15, 0.2) is 0 Å². The Hall–Kier alpha value is -1.56. The van der Waals surface area contributed by atoms with Gasteiger partial charge >= 0.3 is 0 Å². The average Bonchev–Trinajstić information content (AvgIpc) is 2.69. The molecule has 0 saturated heterocycles. The molecule has 1 aromatic carbocycles. The lowest BCUT2D eigenvalue weighted by Gasteiger charge is -2.44. The first kappa shape index (κ1) is 19.2. The van der Waals surface area contributed by atoms with E-state index in [1.807, 2.05) is 0 Å². The van der Waals surface area contributed by atoms with Crippen LogP contribution in [-0.2, 0) is 0 Å². The van der Waals surface area contributed by atoms with Crippen molar-refractivity contribution >= 4 is 5.57 Å². The molecule has 0 aliphatic heterocycles. The summed E-state index contributed by atoms with van der Waals surface area (Å²) < 4.78 is 0. The molecule has 3 rings (SSSR count). The number of benzene rings is 1. The Balaban J connectivity index is 1.65. The summed E-state index contributed by atoms with van der Waals surface area (Å²) in [6.07, 6.45) is 19.7. The van der Waals surface area contributed by atoms with Gasteiger partial charge in [0.2, 0.25) is 0 Å². The first-order valence-electron chi connectivity index (χ1n) is 10.8. The SMILES string of the molecule is C=C(C)C1(C2CCC(CCCCC)CC2)C=CC(c2ccccc2)=CC1. The van der Waals surface area contributed by atoms with Gasteiger partial charge in [-0.05, 0) is 49.2 Å². The molecule has 2 aliphatic carbocycles. The fourth-order valence-corrected chi connectivity index (χ4v) is 5.12. The Morgan fingerprint density at radius 1 is 1.08 bits per heavy atom. The smallest absolute Gasteiger partial charge is 0.0151 e. The summed E-state index contributed by atoms with van der Waals surface area (Å²) in [6, 6.07) is 10.8. The highest BCUT2D eigenvalue weighted by Crippen LogP contribution is 2.50. The Kier molecular flexibility index (Phi) is 6.57. The maximum atomic E-state index is 4.42. The van der Waals surface area contributed by atoms with Gasteiger partial charge in [-0.2, -0.15) is 0 Å². The molecule has 1 atom stereocenters. The second-order valence-corrected chi connectivity index (χ2v) is 8.60. The van der Waals surface area contributed by atoms with Crippen LogP contribution >= 0.6 is 0 Å². The van der Waals surface area contributed by atoms with Gasteiger partial charge in [0, 0.05) is 5.41 Å². The van der Waals surface area contributed by atoms with Crippen LogP contribution in [0, 0.1) is 17.3 Å². The molecule has 0 heteroatoms. The lowest BCUT2D eigenvalue weighted by molar-refractivity contribution is 0.167. The third-order valence-electron chi connectivity index (χ3n) is 6.91. The van der Waals surface area contributed by atoms with E-state index in [0.717, 1.165) is 18.3 Å².